The van der Waals surface area contributed by atoms with Gasteiger partial charge >= 0.3 is 12.1 Å². The number of aromatic nitrogens is 1. The smallest absolute Gasteiger partial charge is 0.407 e. The Labute approximate surface area is 184 Å². The summed E-state index contributed by atoms with van der Waals surface area (Å²) in [7, 11) is 0. The summed E-state index contributed by atoms with van der Waals surface area (Å²) < 4.78 is 9.90. The van der Waals surface area contributed by atoms with Crippen molar-refractivity contribution in [3.63, 3.8) is 0 Å². The van der Waals surface area contributed by atoms with Crippen molar-refractivity contribution in [2.45, 2.75) is 26.3 Å². The van der Waals surface area contributed by atoms with Gasteiger partial charge in [0.25, 0.3) is 5.91 Å². The van der Waals surface area contributed by atoms with Crippen LogP contribution in [0.4, 0.5) is 4.79 Å². The molecule has 9 nitrogen and oxygen atoms in total. The van der Waals surface area contributed by atoms with Crippen molar-refractivity contribution in [2.75, 3.05) is 6.61 Å². The minimum absolute atomic E-state index is 0.189. The summed E-state index contributed by atoms with van der Waals surface area (Å²) in [5, 5.41) is 7.52. The molecule has 3 aromatic rings. The van der Waals surface area contributed by atoms with Crippen molar-refractivity contribution < 1.29 is 23.9 Å². The van der Waals surface area contributed by atoms with Crippen LogP contribution in [0.25, 0.3) is 10.9 Å². The highest BCUT2D eigenvalue weighted by atomic mass is 16.5. The Hall–Kier alpha value is -4.14. The second-order valence-corrected chi connectivity index (χ2v) is 6.88. The third-order valence-corrected chi connectivity index (χ3v) is 4.51. The number of aromatic amines is 1. The van der Waals surface area contributed by atoms with Crippen LogP contribution in [0.2, 0.25) is 0 Å². The number of nitrogens with zero attached hydrogens (tertiary/aromatic N) is 1. The number of para-hydroxylation sites is 1. The number of esters is 1. The first-order valence-electron chi connectivity index (χ1n) is 10.1. The Kier molecular flexibility index (Phi) is 7.58. The van der Waals surface area contributed by atoms with Crippen LogP contribution in [0.15, 0.2) is 59.8 Å². The molecule has 0 saturated carbocycles. The molecular formula is C23H24N4O5. The quantitative estimate of drug-likeness (QED) is 0.217. The molecule has 1 atom stereocenters. The van der Waals surface area contributed by atoms with Crippen LogP contribution in [-0.2, 0) is 20.7 Å². The van der Waals surface area contributed by atoms with Gasteiger partial charge in [0.05, 0.1) is 12.8 Å². The molecule has 2 amide bonds. The molecule has 0 bridgehead atoms. The number of carbonyl (C=O) groups excluding carboxylic acids is 3. The van der Waals surface area contributed by atoms with E-state index >= 15 is 0 Å². The number of H-pyrrole nitrogens is 1. The Morgan fingerprint density at radius 3 is 2.59 bits per heavy atom. The number of hydrogen-bond donors (Lipinski definition) is 3. The molecule has 2 aromatic carbocycles. The lowest BCUT2D eigenvalue weighted by Crippen LogP contribution is -2.47. The highest BCUT2D eigenvalue weighted by molar-refractivity contribution is 5.89. The number of rotatable bonds is 8. The van der Waals surface area contributed by atoms with Gasteiger partial charge in [-0.2, -0.15) is 5.10 Å². The van der Waals surface area contributed by atoms with Gasteiger partial charge in [0, 0.05) is 30.4 Å². The number of ether oxygens (including phenoxy) is 2. The normalized spacial score (nSPS) is 11.8. The monoisotopic (exact) mass is 436 g/mol. The fourth-order valence-corrected chi connectivity index (χ4v) is 3.08. The summed E-state index contributed by atoms with van der Waals surface area (Å²) in [6, 6.07) is 13.4. The summed E-state index contributed by atoms with van der Waals surface area (Å²) >= 11 is 0. The van der Waals surface area contributed by atoms with E-state index in [1.807, 2.05) is 30.5 Å². The van der Waals surface area contributed by atoms with E-state index in [9.17, 15) is 14.4 Å². The zero-order valence-corrected chi connectivity index (χ0v) is 17.8. The van der Waals surface area contributed by atoms with E-state index in [4.69, 9.17) is 9.47 Å². The summed E-state index contributed by atoms with van der Waals surface area (Å²) in [5.41, 5.74) is 4.95. The fourth-order valence-electron chi connectivity index (χ4n) is 3.08. The standard InChI is InChI=1S/C23H24N4O5/c1-3-31-23(30)26-21(12-17-14-24-20-7-5-4-6-19(17)20)22(29)27-25-13-16-8-10-18(11-9-16)32-15(2)28/h4-11,13-14,21,24H,3,12H2,1-2H3,(H,26,30)(H,27,29)/b25-13-/t21-/m1/s1. The van der Waals surface area contributed by atoms with Gasteiger partial charge in [-0.15, -0.1) is 0 Å². The van der Waals surface area contributed by atoms with Crippen molar-refractivity contribution in [3.05, 3.63) is 65.9 Å². The molecule has 0 fully saturated rings. The van der Waals surface area contributed by atoms with Gasteiger partial charge in [-0.1, -0.05) is 18.2 Å². The Bertz CT molecular complexity index is 1120. The van der Waals surface area contributed by atoms with Gasteiger partial charge in [0.1, 0.15) is 11.8 Å². The third kappa shape index (κ3) is 6.18. The number of carbonyl (C=O) groups is 3. The molecule has 0 aliphatic carbocycles. The van der Waals surface area contributed by atoms with Crippen LogP contribution < -0.4 is 15.5 Å². The molecule has 32 heavy (non-hydrogen) atoms. The number of fused-ring (bicyclic) bond motifs is 1. The number of hydrazone groups is 1. The van der Waals surface area contributed by atoms with E-state index in [2.05, 4.69) is 20.8 Å². The van der Waals surface area contributed by atoms with E-state index in [0.29, 0.717) is 11.3 Å². The third-order valence-electron chi connectivity index (χ3n) is 4.51. The molecule has 0 aliphatic heterocycles. The first-order valence-corrected chi connectivity index (χ1v) is 10.1. The molecule has 1 heterocycles. The molecule has 0 unspecified atom stereocenters. The van der Waals surface area contributed by atoms with Crippen LogP contribution in [-0.4, -0.2) is 41.8 Å². The van der Waals surface area contributed by atoms with Gasteiger partial charge in [-0.05, 0) is 48.4 Å². The van der Waals surface area contributed by atoms with Crippen LogP contribution >= 0.6 is 0 Å². The highest BCUT2D eigenvalue weighted by Crippen LogP contribution is 2.19. The minimum atomic E-state index is -0.892. The lowest BCUT2D eigenvalue weighted by molar-refractivity contribution is -0.131. The van der Waals surface area contributed by atoms with Crippen LogP contribution in [0, 0.1) is 0 Å². The van der Waals surface area contributed by atoms with Crippen molar-refractivity contribution in [2.24, 2.45) is 5.10 Å². The average Bonchev–Trinajstić information content (AvgIpc) is 3.17. The molecule has 1 aromatic heterocycles. The van der Waals surface area contributed by atoms with E-state index in [0.717, 1.165) is 16.5 Å². The molecule has 9 heteroatoms. The summed E-state index contributed by atoms with van der Waals surface area (Å²) in [5.74, 6) is -0.485. The van der Waals surface area contributed by atoms with Crippen molar-refractivity contribution in [1.29, 1.82) is 0 Å². The van der Waals surface area contributed by atoms with E-state index in [1.54, 1.807) is 31.2 Å². The lowest BCUT2D eigenvalue weighted by atomic mass is 10.0. The van der Waals surface area contributed by atoms with Crippen molar-refractivity contribution in [1.82, 2.24) is 15.7 Å². The van der Waals surface area contributed by atoms with Crippen molar-refractivity contribution >= 4 is 35.1 Å². The maximum absolute atomic E-state index is 12.7. The SMILES string of the molecule is CCOC(=O)N[C@H](Cc1c[nH]c2ccccc12)C(=O)N/N=C\c1ccc(OC(C)=O)cc1. The molecule has 0 spiro atoms. The molecule has 0 saturated heterocycles. The van der Waals surface area contributed by atoms with E-state index < -0.39 is 24.0 Å². The predicted molar refractivity (Wildman–Crippen MR) is 119 cm³/mol. The fraction of sp³-hybridized carbons (Fsp3) is 0.217. The number of alkyl carbamates (subject to hydrolysis) is 1. The van der Waals surface area contributed by atoms with Gasteiger partial charge in [0.2, 0.25) is 0 Å². The Morgan fingerprint density at radius 1 is 1.12 bits per heavy atom. The van der Waals surface area contributed by atoms with E-state index in [1.165, 1.54) is 13.1 Å². The average molecular weight is 436 g/mol. The van der Waals surface area contributed by atoms with Gasteiger partial charge in [0.15, 0.2) is 0 Å². The first-order chi connectivity index (χ1) is 15.5. The number of amides is 2. The molecule has 3 rings (SSSR count). The zero-order chi connectivity index (χ0) is 22.9. The summed E-state index contributed by atoms with van der Waals surface area (Å²) in [6.07, 6.45) is 2.83. The Morgan fingerprint density at radius 2 is 1.88 bits per heavy atom. The van der Waals surface area contributed by atoms with Crippen LogP contribution in [0.1, 0.15) is 25.0 Å². The Balaban J connectivity index is 1.68. The first kappa shape index (κ1) is 22.5. The van der Waals surface area contributed by atoms with Gasteiger partial charge < -0.3 is 19.8 Å². The van der Waals surface area contributed by atoms with Gasteiger partial charge in [-0.3, -0.25) is 9.59 Å². The second-order valence-electron chi connectivity index (χ2n) is 6.88. The molecule has 0 aliphatic rings. The van der Waals surface area contributed by atoms with E-state index in [-0.39, 0.29) is 13.0 Å². The van der Waals surface area contributed by atoms with Crippen molar-refractivity contribution in [3.8, 4) is 5.75 Å². The van der Waals surface area contributed by atoms with Crippen LogP contribution in [0.3, 0.4) is 0 Å². The molecular weight excluding hydrogens is 412 g/mol. The largest absolute Gasteiger partial charge is 0.450 e. The molecule has 166 valence electrons. The van der Waals surface area contributed by atoms with Crippen LogP contribution in [0.5, 0.6) is 5.75 Å². The predicted octanol–water partition coefficient (Wildman–Crippen LogP) is 2.90. The highest BCUT2D eigenvalue weighted by Gasteiger charge is 2.23. The zero-order valence-electron chi connectivity index (χ0n) is 17.8. The molecule has 0 radical (unpaired) electrons. The minimum Gasteiger partial charge on any atom is -0.450 e. The lowest BCUT2D eigenvalue weighted by Gasteiger charge is -2.16. The van der Waals surface area contributed by atoms with Gasteiger partial charge in [-0.25, -0.2) is 10.2 Å². The number of nitrogens with one attached hydrogen (secondary N) is 3. The summed E-state index contributed by atoms with van der Waals surface area (Å²) in [6.45, 7) is 3.20. The summed E-state index contributed by atoms with van der Waals surface area (Å²) in [4.78, 5) is 38.8. The molecule has 3 N–H and O–H groups in total. The topological polar surface area (TPSA) is 122 Å². The number of benzene rings is 2. The number of hydrogen-bond acceptors (Lipinski definition) is 6. The second kappa shape index (κ2) is 10.8. The maximum Gasteiger partial charge on any atom is 0.407 e. The maximum atomic E-state index is 12.7.